The van der Waals surface area contributed by atoms with Crippen LogP contribution in [0.4, 0.5) is 0 Å². The summed E-state index contributed by atoms with van der Waals surface area (Å²) < 4.78 is 17.3. The molecule has 1 saturated heterocycles. The summed E-state index contributed by atoms with van der Waals surface area (Å²) in [5.41, 5.74) is 1.45. The second-order valence-corrected chi connectivity index (χ2v) is 7.70. The van der Waals surface area contributed by atoms with E-state index in [1.807, 2.05) is 12.1 Å². The van der Waals surface area contributed by atoms with E-state index in [-0.39, 0.29) is 5.41 Å². The highest BCUT2D eigenvalue weighted by molar-refractivity contribution is 5.40. The first-order chi connectivity index (χ1) is 12.6. The molecule has 1 fully saturated rings. The number of hydrogen-bond donors (Lipinski definition) is 1. The van der Waals surface area contributed by atoms with Gasteiger partial charge < -0.3 is 19.2 Å². The van der Waals surface area contributed by atoms with Crippen molar-refractivity contribution in [3.63, 3.8) is 0 Å². The molecule has 0 unspecified atom stereocenters. The molecule has 0 amide bonds. The van der Waals surface area contributed by atoms with Crippen LogP contribution in [0.2, 0.25) is 0 Å². The van der Waals surface area contributed by atoms with Crippen molar-refractivity contribution in [2.75, 3.05) is 20.3 Å². The van der Waals surface area contributed by atoms with Crippen molar-refractivity contribution in [1.29, 1.82) is 0 Å². The monoisotopic (exact) mass is 358 g/mol. The molecule has 26 heavy (non-hydrogen) atoms. The van der Waals surface area contributed by atoms with Gasteiger partial charge in [0.2, 0.25) is 0 Å². The van der Waals surface area contributed by atoms with Crippen molar-refractivity contribution >= 4 is 0 Å². The molecule has 2 atom stereocenters. The lowest BCUT2D eigenvalue weighted by molar-refractivity contribution is -0.673. The first-order valence-electron chi connectivity index (χ1n) is 9.74. The Bertz CT molecular complexity index is 668. The van der Waals surface area contributed by atoms with E-state index in [9.17, 15) is 0 Å². The number of hydrogen-bond acceptors (Lipinski definition) is 3. The van der Waals surface area contributed by atoms with Gasteiger partial charge in [0.05, 0.1) is 26.0 Å². The van der Waals surface area contributed by atoms with Crippen molar-refractivity contribution < 1.29 is 19.2 Å². The molecule has 4 nitrogen and oxygen atoms in total. The zero-order valence-corrected chi connectivity index (χ0v) is 16.2. The van der Waals surface area contributed by atoms with Crippen LogP contribution in [0.1, 0.15) is 44.4 Å². The lowest BCUT2D eigenvalue weighted by atomic mass is 9.68. The highest BCUT2D eigenvalue weighted by Crippen LogP contribution is 2.44. The predicted octanol–water partition coefficient (Wildman–Crippen LogP) is 3.51. The zero-order valence-electron chi connectivity index (χ0n) is 16.2. The van der Waals surface area contributed by atoms with Crippen LogP contribution in [-0.4, -0.2) is 26.4 Å². The zero-order chi connectivity index (χ0) is 18.4. The Morgan fingerprint density at radius 3 is 2.81 bits per heavy atom. The summed E-state index contributed by atoms with van der Waals surface area (Å²) >= 11 is 0. The van der Waals surface area contributed by atoms with Crippen LogP contribution in [0.15, 0.2) is 47.1 Å². The molecule has 0 saturated carbocycles. The summed E-state index contributed by atoms with van der Waals surface area (Å²) in [6.45, 7) is 7.28. The summed E-state index contributed by atoms with van der Waals surface area (Å²) in [7, 11) is 1.77. The van der Waals surface area contributed by atoms with Gasteiger partial charge in [-0.2, -0.15) is 0 Å². The lowest BCUT2D eigenvalue weighted by Gasteiger charge is -2.43. The van der Waals surface area contributed by atoms with Gasteiger partial charge in [-0.15, -0.1) is 0 Å². The third-order valence-corrected chi connectivity index (χ3v) is 5.68. The molecule has 2 aromatic rings. The third kappa shape index (κ3) is 4.30. The summed E-state index contributed by atoms with van der Waals surface area (Å²) in [5, 5.41) is 2.34. The predicted molar refractivity (Wildman–Crippen MR) is 102 cm³/mol. The van der Waals surface area contributed by atoms with Gasteiger partial charge in [-0.3, -0.25) is 0 Å². The standard InChI is InChI=1S/C22H31NO3/c1-17(2)21-15-22(11-14-26-21,19-8-4-5-9-20(19)24-3)10-12-23-16-18-7-6-13-25-18/h4-9,13,17,21,23H,10-12,14-16H2,1-3H3/p+1/t21-,22-/m1/s1. The second-order valence-electron chi connectivity index (χ2n) is 7.70. The number of methoxy groups -OCH3 is 1. The minimum atomic E-state index is 0.111. The lowest BCUT2D eigenvalue weighted by Crippen LogP contribution is -2.83. The highest BCUT2D eigenvalue weighted by atomic mass is 16.5. The van der Waals surface area contributed by atoms with Crippen LogP contribution in [0.5, 0.6) is 5.75 Å². The first-order valence-corrected chi connectivity index (χ1v) is 9.74. The van der Waals surface area contributed by atoms with Crippen molar-refractivity contribution in [2.24, 2.45) is 5.92 Å². The third-order valence-electron chi connectivity index (χ3n) is 5.68. The average molecular weight is 359 g/mol. The fraction of sp³-hybridized carbons (Fsp3) is 0.545. The molecule has 1 aromatic heterocycles. The van der Waals surface area contributed by atoms with Crippen LogP contribution in [0.3, 0.4) is 0 Å². The van der Waals surface area contributed by atoms with Crippen molar-refractivity contribution in [2.45, 2.75) is 51.2 Å². The molecule has 0 spiro atoms. The van der Waals surface area contributed by atoms with E-state index in [1.54, 1.807) is 13.4 Å². The van der Waals surface area contributed by atoms with Crippen LogP contribution >= 0.6 is 0 Å². The number of rotatable bonds is 8. The van der Waals surface area contributed by atoms with Crippen LogP contribution < -0.4 is 10.1 Å². The van der Waals surface area contributed by atoms with E-state index in [0.717, 1.165) is 50.5 Å². The van der Waals surface area contributed by atoms with Crippen LogP contribution in [-0.2, 0) is 16.7 Å². The van der Waals surface area contributed by atoms with Crippen LogP contribution in [0.25, 0.3) is 0 Å². The fourth-order valence-electron chi connectivity index (χ4n) is 4.12. The van der Waals surface area contributed by atoms with E-state index < -0.39 is 0 Å². The topological polar surface area (TPSA) is 48.2 Å². The summed E-state index contributed by atoms with van der Waals surface area (Å²) in [5.74, 6) is 2.56. The summed E-state index contributed by atoms with van der Waals surface area (Å²) in [6.07, 6.45) is 5.26. The van der Waals surface area contributed by atoms with Gasteiger partial charge in [0.15, 0.2) is 5.76 Å². The SMILES string of the molecule is COc1ccccc1[C@]1(CC[NH2+]Cc2ccco2)CCO[C@@H](C(C)C)C1. The van der Waals surface area contributed by atoms with E-state index in [4.69, 9.17) is 13.9 Å². The van der Waals surface area contributed by atoms with E-state index in [2.05, 4.69) is 43.4 Å². The number of para-hydroxylation sites is 1. The normalized spacial score (nSPS) is 23.3. The molecule has 0 aliphatic carbocycles. The van der Waals surface area contributed by atoms with Gasteiger partial charge in [0, 0.05) is 24.0 Å². The molecule has 1 aromatic carbocycles. The van der Waals surface area contributed by atoms with E-state index in [1.165, 1.54) is 5.56 Å². The number of furan rings is 1. The Labute approximate surface area is 156 Å². The van der Waals surface area contributed by atoms with Gasteiger partial charge >= 0.3 is 0 Å². The van der Waals surface area contributed by atoms with Gasteiger partial charge in [-0.25, -0.2) is 0 Å². The van der Waals surface area contributed by atoms with Gasteiger partial charge in [0.1, 0.15) is 12.3 Å². The molecule has 4 heteroatoms. The fourth-order valence-corrected chi connectivity index (χ4v) is 4.12. The smallest absolute Gasteiger partial charge is 0.157 e. The maximum atomic E-state index is 6.09. The molecule has 3 rings (SSSR count). The number of nitrogens with two attached hydrogens (primary N) is 1. The molecule has 142 valence electrons. The number of benzene rings is 1. The van der Waals surface area contributed by atoms with Gasteiger partial charge in [-0.05, 0) is 37.0 Å². The van der Waals surface area contributed by atoms with Crippen molar-refractivity contribution in [3.05, 3.63) is 54.0 Å². The molecule has 1 aliphatic rings. The second kappa shape index (κ2) is 8.74. The average Bonchev–Trinajstić information content (AvgIpc) is 3.19. The summed E-state index contributed by atoms with van der Waals surface area (Å²) in [4.78, 5) is 0. The maximum absolute atomic E-state index is 6.09. The van der Waals surface area contributed by atoms with E-state index in [0.29, 0.717) is 12.0 Å². The Kier molecular flexibility index (Phi) is 6.38. The first kappa shape index (κ1) is 19.0. The van der Waals surface area contributed by atoms with Crippen molar-refractivity contribution in [1.82, 2.24) is 0 Å². The highest BCUT2D eigenvalue weighted by Gasteiger charge is 2.41. The molecule has 1 aliphatic heterocycles. The van der Waals surface area contributed by atoms with E-state index >= 15 is 0 Å². The number of ether oxygens (including phenoxy) is 2. The molecule has 2 heterocycles. The Balaban J connectivity index is 1.77. The minimum Gasteiger partial charge on any atom is -0.496 e. The molecule has 2 N–H and O–H groups in total. The Morgan fingerprint density at radius 1 is 1.23 bits per heavy atom. The molecule has 0 radical (unpaired) electrons. The molecule has 0 bridgehead atoms. The van der Waals surface area contributed by atoms with Gasteiger partial charge in [-0.1, -0.05) is 32.0 Å². The maximum Gasteiger partial charge on any atom is 0.157 e. The molecular formula is C22H32NO3+. The summed E-state index contributed by atoms with van der Waals surface area (Å²) in [6, 6.07) is 12.5. The van der Waals surface area contributed by atoms with Crippen molar-refractivity contribution in [3.8, 4) is 5.75 Å². The largest absolute Gasteiger partial charge is 0.496 e. The van der Waals surface area contributed by atoms with Crippen LogP contribution in [0, 0.1) is 5.92 Å². The number of quaternary nitrogens is 1. The molecular weight excluding hydrogens is 326 g/mol. The Morgan fingerprint density at radius 2 is 2.08 bits per heavy atom. The van der Waals surface area contributed by atoms with Gasteiger partial charge in [0.25, 0.3) is 0 Å². The quantitative estimate of drug-likeness (QED) is 0.735. The minimum absolute atomic E-state index is 0.111. The Hall–Kier alpha value is -1.78.